The maximum atomic E-state index is 6.37. The highest BCUT2D eigenvalue weighted by Crippen LogP contribution is 2.38. The molecule has 2 heterocycles. The quantitative estimate of drug-likeness (QED) is 0.404. The number of rotatable bonds is 2. The summed E-state index contributed by atoms with van der Waals surface area (Å²) in [6.45, 7) is 10.0. The van der Waals surface area contributed by atoms with Gasteiger partial charge in [-0.2, -0.15) is 0 Å². The van der Waals surface area contributed by atoms with Gasteiger partial charge >= 0.3 is 0 Å². The van der Waals surface area contributed by atoms with E-state index in [2.05, 4.69) is 74.2 Å². The molecule has 1 aromatic heterocycles. The molecule has 3 heteroatoms. The molecule has 0 unspecified atom stereocenters. The molecule has 3 aromatic rings. The van der Waals surface area contributed by atoms with Crippen molar-refractivity contribution < 1.29 is 0 Å². The van der Waals surface area contributed by atoms with Crippen molar-refractivity contribution in [2.75, 3.05) is 13.1 Å². The average molecular weight is 457 g/mol. The van der Waals surface area contributed by atoms with Gasteiger partial charge < -0.3 is 0 Å². The summed E-state index contributed by atoms with van der Waals surface area (Å²) in [6, 6.07) is 19.9. The van der Waals surface area contributed by atoms with Crippen molar-refractivity contribution >= 4 is 17.2 Å². The molecule has 0 amide bonds. The third kappa shape index (κ3) is 4.78. The molecule has 2 aliphatic rings. The molecule has 1 saturated heterocycles. The fourth-order valence-corrected chi connectivity index (χ4v) is 5.43. The molecular weight excluding hydrogens is 424 g/mol. The fraction of sp³-hybridized carbons (Fsp3) is 0.367. The smallest absolute Gasteiger partial charge is 0.0739 e. The predicted octanol–water partition coefficient (Wildman–Crippen LogP) is 7.23. The Bertz CT molecular complexity index is 1170. The molecule has 0 saturated carbocycles. The first-order chi connectivity index (χ1) is 15.9. The second kappa shape index (κ2) is 9.08. The summed E-state index contributed by atoms with van der Waals surface area (Å²) >= 11 is 6.37. The topological polar surface area (TPSA) is 16.1 Å². The van der Waals surface area contributed by atoms with Crippen LogP contribution in [0.2, 0.25) is 5.02 Å². The zero-order chi connectivity index (χ0) is 23.0. The Labute approximate surface area is 203 Å². The van der Waals surface area contributed by atoms with E-state index in [1.807, 2.05) is 12.3 Å². The van der Waals surface area contributed by atoms with Crippen molar-refractivity contribution in [1.82, 2.24) is 9.88 Å². The first-order valence-corrected chi connectivity index (χ1v) is 12.5. The van der Waals surface area contributed by atoms with E-state index < -0.39 is 0 Å². The van der Waals surface area contributed by atoms with Crippen LogP contribution in [0.15, 0.2) is 66.4 Å². The number of aryl methyl sites for hydroxylation is 2. The van der Waals surface area contributed by atoms with Gasteiger partial charge in [0.05, 0.1) is 5.69 Å². The van der Waals surface area contributed by atoms with Gasteiger partial charge in [-0.05, 0) is 77.1 Å². The lowest BCUT2D eigenvalue weighted by molar-refractivity contribution is 0.248. The molecule has 0 atom stereocenters. The van der Waals surface area contributed by atoms with Gasteiger partial charge in [-0.15, -0.1) is 0 Å². The fourth-order valence-electron chi connectivity index (χ4n) is 5.23. The van der Waals surface area contributed by atoms with Crippen molar-refractivity contribution in [1.29, 1.82) is 0 Å². The van der Waals surface area contributed by atoms with Crippen molar-refractivity contribution in [3.63, 3.8) is 0 Å². The van der Waals surface area contributed by atoms with E-state index >= 15 is 0 Å². The van der Waals surface area contributed by atoms with E-state index in [-0.39, 0.29) is 5.41 Å². The minimum Gasteiger partial charge on any atom is -0.298 e. The minimum atomic E-state index is 0.203. The SMILES string of the molecule is CC(C)(C)c1ccc(CN2CCC(=C3c4ccc(Cl)cc4CCc4cccnc43)CC2)cc1. The van der Waals surface area contributed by atoms with Crippen LogP contribution in [-0.2, 0) is 24.8 Å². The predicted molar refractivity (Wildman–Crippen MR) is 139 cm³/mol. The average Bonchev–Trinajstić information content (AvgIpc) is 2.96. The van der Waals surface area contributed by atoms with Crippen LogP contribution in [0.3, 0.4) is 0 Å². The van der Waals surface area contributed by atoms with Crippen LogP contribution < -0.4 is 0 Å². The van der Waals surface area contributed by atoms with Crippen LogP contribution in [0.1, 0.15) is 67.1 Å². The molecule has 5 rings (SSSR count). The number of halogens is 1. The Balaban J connectivity index is 1.40. The first-order valence-electron chi connectivity index (χ1n) is 12.2. The van der Waals surface area contributed by atoms with Crippen molar-refractivity contribution in [3.05, 3.63) is 105 Å². The van der Waals surface area contributed by atoms with E-state index in [9.17, 15) is 0 Å². The number of likely N-dealkylation sites (tertiary alicyclic amines) is 1. The Hall–Kier alpha value is -2.42. The van der Waals surface area contributed by atoms with Crippen LogP contribution >= 0.6 is 11.6 Å². The third-order valence-electron chi connectivity index (χ3n) is 7.17. The minimum absolute atomic E-state index is 0.203. The van der Waals surface area contributed by atoms with Gasteiger partial charge in [0, 0.05) is 36.4 Å². The number of benzene rings is 2. The van der Waals surface area contributed by atoms with Gasteiger partial charge in [0.1, 0.15) is 0 Å². The molecule has 170 valence electrons. The number of piperidine rings is 1. The maximum Gasteiger partial charge on any atom is 0.0739 e. The van der Waals surface area contributed by atoms with Crippen LogP contribution in [0, 0.1) is 0 Å². The monoisotopic (exact) mass is 456 g/mol. The van der Waals surface area contributed by atoms with Crippen molar-refractivity contribution in [2.24, 2.45) is 0 Å². The Morgan fingerprint density at radius 1 is 0.879 bits per heavy atom. The lowest BCUT2D eigenvalue weighted by Crippen LogP contribution is -2.30. The van der Waals surface area contributed by atoms with Gasteiger partial charge in [-0.25, -0.2) is 0 Å². The van der Waals surface area contributed by atoms with Gasteiger partial charge in [0.25, 0.3) is 0 Å². The van der Waals surface area contributed by atoms with E-state index in [1.165, 1.54) is 39.1 Å². The second-order valence-corrected chi connectivity index (χ2v) is 11.0. The van der Waals surface area contributed by atoms with Crippen LogP contribution in [0.5, 0.6) is 0 Å². The molecule has 0 bridgehead atoms. The highest BCUT2D eigenvalue weighted by molar-refractivity contribution is 6.30. The second-order valence-electron chi connectivity index (χ2n) is 10.5. The van der Waals surface area contributed by atoms with Gasteiger partial charge in [0.2, 0.25) is 0 Å². The van der Waals surface area contributed by atoms with Crippen LogP contribution in [-0.4, -0.2) is 23.0 Å². The number of pyridine rings is 1. The molecule has 1 fully saturated rings. The Morgan fingerprint density at radius 3 is 2.33 bits per heavy atom. The molecule has 0 spiro atoms. The standard InChI is InChI=1S/C30H33ClN2/c1-30(2,3)25-10-6-21(7-11-25)20-33-17-14-22(15-18-33)28-27-13-12-26(31)19-24(27)9-8-23-5-4-16-32-29(23)28/h4-7,10-13,16,19H,8-9,14-15,17-18,20H2,1-3H3. The number of hydrogen-bond donors (Lipinski definition) is 0. The first kappa shape index (κ1) is 22.4. The Kier molecular flexibility index (Phi) is 6.16. The summed E-state index contributed by atoms with van der Waals surface area (Å²) in [5.74, 6) is 0. The largest absolute Gasteiger partial charge is 0.298 e. The van der Waals surface area contributed by atoms with Gasteiger partial charge in [-0.1, -0.05) is 74.3 Å². The molecule has 2 aromatic carbocycles. The highest BCUT2D eigenvalue weighted by atomic mass is 35.5. The summed E-state index contributed by atoms with van der Waals surface area (Å²) in [5.41, 5.74) is 11.1. The van der Waals surface area contributed by atoms with Crippen LogP contribution in [0.25, 0.3) is 5.57 Å². The summed E-state index contributed by atoms with van der Waals surface area (Å²) in [5, 5.41) is 0.823. The summed E-state index contributed by atoms with van der Waals surface area (Å²) in [4.78, 5) is 7.46. The normalized spacial score (nSPS) is 16.8. The number of hydrogen-bond acceptors (Lipinski definition) is 2. The summed E-state index contributed by atoms with van der Waals surface area (Å²) < 4.78 is 0. The maximum absolute atomic E-state index is 6.37. The lowest BCUT2D eigenvalue weighted by Gasteiger charge is -2.30. The van der Waals surface area contributed by atoms with Crippen LogP contribution in [0.4, 0.5) is 0 Å². The van der Waals surface area contributed by atoms with Crippen molar-refractivity contribution in [3.8, 4) is 0 Å². The number of fused-ring (bicyclic) bond motifs is 2. The van der Waals surface area contributed by atoms with E-state index in [0.717, 1.165) is 50.3 Å². The zero-order valence-corrected chi connectivity index (χ0v) is 20.8. The van der Waals surface area contributed by atoms with E-state index in [0.29, 0.717) is 0 Å². The zero-order valence-electron chi connectivity index (χ0n) is 20.0. The molecule has 33 heavy (non-hydrogen) atoms. The number of aromatic nitrogens is 1. The molecule has 0 radical (unpaired) electrons. The third-order valence-corrected chi connectivity index (χ3v) is 7.40. The summed E-state index contributed by atoms with van der Waals surface area (Å²) in [6.07, 6.45) is 6.16. The lowest BCUT2D eigenvalue weighted by atomic mass is 9.86. The van der Waals surface area contributed by atoms with Gasteiger partial charge in [-0.3, -0.25) is 9.88 Å². The van der Waals surface area contributed by atoms with Crippen molar-refractivity contribution in [2.45, 2.75) is 58.4 Å². The van der Waals surface area contributed by atoms with E-state index in [1.54, 1.807) is 5.57 Å². The molecule has 0 N–H and O–H groups in total. The van der Waals surface area contributed by atoms with E-state index in [4.69, 9.17) is 16.6 Å². The molecule has 1 aliphatic carbocycles. The molecular formula is C30H33ClN2. The summed E-state index contributed by atoms with van der Waals surface area (Å²) in [7, 11) is 0. The molecule has 2 nitrogen and oxygen atoms in total. The number of nitrogens with zero attached hydrogens (tertiary/aromatic N) is 2. The molecule has 1 aliphatic heterocycles. The Morgan fingerprint density at radius 2 is 1.61 bits per heavy atom. The highest BCUT2D eigenvalue weighted by Gasteiger charge is 2.25. The van der Waals surface area contributed by atoms with Gasteiger partial charge in [0.15, 0.2) is 0 Å².